The van der Waals surface area contributed by atoms with Gasteiger partial charge in [-0.25, -0.2) is 4.79 Å². The molecule has 2 rings (SSSR count). The van der Waals surface area contributed by atoms with E-state index in [-0.39, 0.29) is 5.54 Å². The number of nitrogens with zero attached hydrogens (tertiary/aromatic N) is 2. The fourth-order valence-electron chi connectivity index (χ4n) is 3.62. The highest BCUT2D eigenvalue weighted by Crippen LogP contribution is 2.33. The van der Waals surface area contributed by atoms with Gasteiger partial charge < -0.3 is 25.4 Å². The van der Waals surface area contributed by atoms with Gasteiger partial charge in [-0.05, 0) is 53.7 Å². The summed E-state index contributed by atoms with van der Waals surface area (Å²) in [7, 11) is 0. The Morgan fingerprint density at radius 1 is 1.20 bits per heavy atom. The highest BCUT2D eigenvalue weighted by Gasteiger charge is 2.40. The molecular formula is C21H41N5O3S. The zero-order chi connectivity index (χ0) is 22.3. The van der Waals surface area contributed by atoms with Crippen LogP contribution in [0.3, 0.4) is 0 Å². The van der Waals surface area contributed by atoms with E-state index in [9.17, 15) is 4.79 Å². The van der Waals surface area contributed by atoms with Gasteiger partial charge in [-0.1, -0.05) is 0 Å². The van der Waals surface area contributed by atoms with E-state index >= 15 is 0 Å². The third-order valence-corrected chi connectivity index (χ3v) is 6.40. The molecule has 2 aliphatic rings. The van der Waals surface area contributed by atoms with E-state index in [0.717, 1.165) is 51.1 Å². The molecule has 0 bridgehead atoms. The van der Waals surface area contributed by atoms with Crippen molar-refractivity contribution in [3.63, 3.8) is 0 Å². The lowest BCUT2D eigenvalue weighted by molar-refractivity contribution is -0.0120. The van der Waals surface area contributed by atoms with Crippen molar-refractivity contribution in [2.24, 2.45) is 4.99 Å². The van der Waals surface area contributed by atoms with Gasteiger partial charge in [-0.3, -0.25) is 9.89 Å². The normalized spacial score (nSPS) is 23.9. The molecule has 9 heteroatoms. The molecule has 8 nitrogen and oxygen atoms in total. The first-order valence-electron chi connectivity index (χ1n) is 11.0. The van der Waals surface area contributed by atoms with Gasteiger partial charge in [0.15, 0.2) is 5.96 Å². The lowest BCUT2D eigenvalue weighted by Gasteiger charge is -2.43. The third kappa shape index (κ3) is 8.15. The fraction of sp³-hybridized carbons (Fsp3) is 0.905. The molecule has 2 fully saturated rings. The lowest BCUT2D eigenvalue weighted by Crippen LogP contribution is -2.60. The van der Waals surface area contributed by atoms with Gasteiger partial charge >= 0.3 is 6.09 Å². The van der Waals surface area contributed by atoms with Gasteiger partial charge in [-0.2, -0.15) is 11.8 Å². The van der Waals surface area contributed by atoms with E-state index in [0.29, 0.717) is 6.54 Å². The van der Waals surface area contributed by atoms with Gasteiger partial charge in [0, 0.05) is 37.5 Å². The summed E-state index contributed by atoms with van der Waals surface area (Å²) in [6.45, 7) is 17.2. The molecule has 0 spiro atoms. The van der Waals surface area contributed by atoms with Crippen molar-refractivity contribution in [1.82, 2.24) is 20.9 Å². The van der Waals surface area contributed by atoms with E-state index < -0.39 is 17.2 Å². The van der Waals surface area contributed by atoms with Crippen molar-refractivity contribution in [1.29, 1.82) is 0 Å². The minimum absolute atomic E-state index is 0.148. The van der Waals surface area contributed by atoms with Gasteiger partial charge in [0.25, 0.3) is 0 Å². The van der Waals surface area contributed by atoms with Crippen molar-refractivity contribution >= 4 is 23.8 Å². The Kier molecular flexibility index (Phi) is 9.12. The molecule has 0 aromatic carbocycles. The zero-order valence-electron chi connectivity index (χ0n) is 19.6. The Morgan fingerprint density at radius 2 is 1.90 bits per heavy atom. The Morgan fingerprint density at radius 3 is 2.47 bits per heavy atom. The highest BCUT2D eigenvalue weighted by atomic mass is 32.2. The van der Waals surface area contributed by atoms with Crippen LogP contribution in [0.1, 0.15) is 48.0 Å². The summed E-state index contributed by atoms with van der Waals surface area (Å²) in [5.74, 6) is 3.10. The van der Waals surface area contributed by atoms with E-state index in [1.54, 1.807) is 0 Å². The summed E-state index contributed by atoms with van der Waals surface area (Å²) in [4.78, 5) is 19.5. The fourth-order valence-corrected chi connectivity index (χ4v) is 5.10. The second kappa shape index (κ2) is 10.9. The summed E-state index contributed by atoms with van der Waals surface area (Å²) in [6.07, 6.45) is 0.755. The molecule has 0 aromatic heterocycles. The average Bonchev–Trinajstić information content (AvgIpc) is 3.13. The standard InChI is InChI=1S/C21H41N5O3S/c1-7-22-17(23-14-20(5,6)25-18(27)29-19(2,3)4)24-15-21(8-13-30-16-21)26-9-11-28-12-10-26/h7-16H2,1-6H3,(H,25,27)(H2,22,23,24). The number of guanidine groups is 1. The SMILES string of the molecule is CCNC(=NCC(C)(C)NC(=O)OC(C)(C)C)NCC1(N2CCOCC2)CCSC1. The van der Waals surface area contributed by atoms with Crippen LogP contribution in [0.4, 0.5) is 4.79 Å². The van der Waals surface area contributed by atoms with Gasteiger partial charge in [0.1, 0.15) is 5.60 Å². The summed E-state index contributed by atoms with van der Waals surface area (Å²) >= 11 is 2.02. The van der Waals surface area contributed by atoms with Crippen LogP contribution >= 0.6 is 11.8 Å². The van der Waals surface area contributed by atoms with Gasteiger partial charge in [-0.15, -0.1) is 0 Å². The number of morpholine rings is 1. The molecule has 3 N–H and O–H groups in total. The van der Waals surface area contributed by atoms with E-state index in [2.05, 4.69) is 27.8 Å². The summed E-state index contributed by atoms with van der Waals surface area (Å²) in [6, 6.07) is 0. The molecule has 1 unspecified atom stereocenters. The number of aliphatic imine (C=N–C) groups is 1. The number of ether oxygens (including phenoxy) is 2. The number of carbonyl (C=O) groups is 1. The Labute approximate surface area is 186 Å². The number of hydrogen-bond donors (Lipinski definition) is 3. The Balaban J connectivity index is 1.96. The molecule has 0 aromatic rings. The Hall–Kier alpha value is -1.19. The number of hydrogen-bond acceptors (Lipinski definition) is 6. The molecule has 174 valence electrons. The first-order valence-corrected chi connectivity index (χ1v) is 12.1. The molecular weight excluding hydrogens is 402 g/mol. The van der Waals surface area contributed by atoms with Crippen molar-refractivity contribution in [2.75, 3.05) is 57.4 Å². The van der Waals surface area contributed by atoms with Crippen LogP contribution < -0.4 is 16.0 Å². The van der Waals surface area contributed by atoms with Crippen LogP contribution in [0.15, 0.2) is 4.99 Å². The monoisotopic (exact) mass is 443 g/mol. The predicted molar refractivity (Wildman–Crippen MR) is 124 cm³/mol. The van der Waals surface area contributed by atoms with Crippen LogP contribution in [0.25, 0.3) is 0 Å². The van der Waals surface area contributed by atoms with Crippen molar-refractivity contribution in [3.05, 3.63) is 0 Å². The summed E-state index contributed by atoms with van der Waals surface area (Å²) in [5.41, 5.74) is -0.891. The molecule has 2 aliphatic heterocycles. The molecule has 0 radical (unpaired) electrons. The predicted octanol–water partition coefficient (Wildman–Crippen LogP) is 2.05. The molecule has 1 amide bonds. The van der Waals surface area contributed by atoms with Crippen LogP contribution in [0, 0.1) is 0 Å². The number of carbonyl (C=O) groups excluding carboxylic acids is 1. The molecule has 1 atom stereocenters. The summed E-state index contributed by atoms with van der Waals surface area (Å²) in [5, 5.41) is 9.82. The van der Waals surface area contributed by atoms with Crippen LogP contribution in [0.2, 0.25) is 0 Å². The van der Waals surface area contributed by atoms with E-state index in [4.69, 9.17) is 14.5 Å². The zero-order valence-corrected chi connectivity index (χ0v) is 20.4. The largest absolute Gasteiger partial charge is 0.444 e. The van der Waals surface area contributed by atoms with Gasteiger partial charge in [0.05, 0.1) is 25.3 Å². The molecule has 0 saturated carbocycles. The minimum atomic E-state index is -0.521. The first kappa shape index (κ1) is 25.1. The molecule has 0 aliphatic carbocycles. The smallest absolute Gasteiger partial charge is 0.408 e. The van der Waals surface area contributed by atoms with Crippen molar-refractivity contribution in [3.8, 4) is 0 Å². The topological polar surface area (TPSA) is 87.2 Å². The van der Waals surface area contributed by atoms with Gasteiger partial charge in [0.2, 0.25) is 0 Å². The number of thioether (sulfide) groups is 1. The first-order chi connectivity index (χ1) is 14.1. The van der Waals surface area contributed by atoms with Crippen molar-refractivity contribution < 1.29 is 14.3 Å². The quantitative estimate of drug-likeness (QED) is 0.410. The van der Waals surface area contributed by atoms with Crippen LogP contribution in [-0.2, 0) is 9.47 Å². The van der Waals surface area contributed by atoms with Crippen LogP contribution in [0.5, 0.6) is 0 Å². The second-order valence-electron chi connectivity index (χ2n) is 9.69. The Bertz CT molecular complexity index is 580. The number of amides is 1. The van der Waals surface area contributed by atoms with Crippen molar-refractivity contribution in [2.45, 2.75) is 64.6 Å². The van der Waals surface area contributed by atoms with E-state index in [1.807, 2.05) is 46.4 Å². The second-order valence-corrected chi connectivity index (χ2v) is 10.8. The summed E-state index contributed by atoms with van der Waals surface area (Å²) < 4.78 is 10.9. The number of nitrogens with one attached hydrogen (secondary N) is 3. The maximum Gasteiger partial charge on any atom is 0.408 e. The minimum Gasteiger partial charge on any atom is -0.444 e. The third-order valence-electron chi connectivity index (χ3n) is 5.17. The average molecular weight is 444 g/mol. The highest BCUT2D eigenvalue weighted by molar-refractivity contribution is 7.99. The lowest BCUT2D eigenvalue weighted by atomic mass is 9.95. The number of rotatable bonds is 7. The molecule has 30 heavy (non-hydrogen) atoms. The maximum absolute atomic E-state index is 12.1. The molecule has 2 heterocycles. The van der Waals surface area contributed by atoms with E-state index in [1.165, 1.54) is 12.2 Å². The maximum atomic E-state index is 12.1. The van der Waals surface area contributed by atoms with Crippen LogP contribution in [-0.4, -0.2) is 91.1 Å². The molecule has 2 saturated heterocycles. The number of alkyl carbamates (subject to hydrolysis) is 1.